The first-order valence-corrected chi connectivity index (χ1v) is 8.70. The molecule has 0 unspecified atom stereocenters. The molecular formula is C19H24N2O5. The second-order valence-electron chi connectivity index (χ2n) is 5.78. The lowest BCUT2D eigenvalue weighted by Crippen LogP contribution is -2.36. The summed E-state index contributed by atoms with van der Waals surface area (Å²) in [5.74, 6) is 0.189. The van der Waals surface area contributed by atoms with E-state index >= 15 is 0 Å². The van der Waals surface area contributed by atoms with Crippen molar-refractivity contribution in [2.75, 3.05) is 32.8 Å². The van der Waals surface area contributed by atoms with E-state index in [-0.39, 0.29) is 18.4 Å². The highest BCUT2D eigenvalue weighted by atomic mass is 16.7. The molecule has 1 aliphatic rings. The number of nitrogens with zero attached hydrogens (tertiary/aromatic N) is 2. The second-order valence-corrected chi connectivity index (χ2v) is 5.78. The van der Waals surface area contributed by atoms with Gasteiger partial charge in [-0.25, -0.2) is 4.79 Å². The lowest BCUT2D eigenvalue weighted by Gasteiger charge is -2.21. The van der Waals surface area contributed by atoms with Gasteiger partial charge in [-0.3, -0.25) is 9.59 Å². The van der Waals surface area contributed by atoms with E-state index in [1.165, 1.54) is 0 Å². The third-order valence-corrected chi connectivity index (χ3v) is 3.97. The number of ether oxygens (including phenoxy) is 2. The molecule has 0 radical (unpaired) electrons. The van der Waals surface area contributed by atoms with Crippen molar-refractivity contribution in [2.24, 2.45) is 0 Å². The number of hydrogen-bond donors (Lipinski definition) is 0. The maximum Gasteiger partial charge on any atom is 0.513 e. The van der Waals surface area contributed by atoms with Gasteiger partial charge in [0.2, 0.25) is 5.91 Å². The van der Waals surface area contributed by atoms with Gasteiger partial charge in [-0.2, -0.15) is 0 Å². The van der Waals surface area contributed by atoms with Gasteiger partial charge in [0.15, 0.2) is 0 Å². The van der Waals surface area contributed by atoms with Crippen molar-refractivity contribution in [3.05, 3.63) is 42.0 Å². The van der Waals surface area contributed by atoms with Crippen molar-refractivity contribution in [3.8, 4) is 5.75 Å². The summed E-state index contributed by atoms with van der Waals surface area (Å²) in [5, 5.41) is 0. The molecule has 0 atom stereocenters. The van der Waals surface area contributed by atoms with E-state index in [9.17, 15) is 14.4 Å². The quantitative estimate of drug-likeness (QED) is 0.468. The summed E-state index contributed by atoms with van der Waals surface area (Å²) in [6.07, 6.45) is 3.22. The average Bonchev–Trinajstić information content (AvgIpc) is 2.88. The number of carbonyl (C=O) groups excluding carboxylic acids is 3. The van der Waals surface area contributed by atoms with Crippen LogP contribution in [0, 0.1) is 0 Å². The molecule has 7 nitrogen and oxygen atoms in total. The first-order chi connectivity index (χ1) is 12.5. The van der Waals surface area contributed by atoms with Gasteiger partial charge >= 0.3 is 6.16 Å². The van der Waals surface area contributed by atoms with Crippen LogP contribution in [-0.2, 0) is 9.53 Å². The zero-order valence-corrected chi connectivity index (χ0v) is 15.1. The van der Waals surface area contributed by atoms with Crippen molar-refractivity contribution < 1.29 is 23.9 Å². The molecule has 2 rings (SSSR count). The number of hydrogen-bond acceptors (Lipinski definition) is 5. The molecule has 7 heteroatoms. The maximum absolute atomic E-state index is 12.7. The lowest BCUT2D eigenvalue weighted by molar-refractivity contribution is -0.125. The van der Waals surface area contributed by atoms with Crippen LogP contribution in [0.15, 0.2) is 36.4 Å². The minimum Gasteiger partial charge on any atom is -0.434 e. The van der Waals surface area contributed by atoms with Crippen LogP contribution < -0.4 is 4.74 Å². The van der Waals surface area contributed by atoms with Crippen molar-refractivity contribution in [1.29, 1.82) is 0 Å². The molecule has 1 fully saturated rings. The Morgan fingerprint density at radius 3 is 2.35 bits per heavy atom. The van der Waals surface area contributed by atoms with E-state index < -0.39 is 6.16 Å². The predicted molar refractivity (Wildman–Crippen MR) is 96.0 cm³/mol. The predicted octanol–water partition coefficient (Wildman–Crippen LogP) is 2.47. The zero-order valence-electron chi connectivity index (χ0n) is 15.1. The van der Waals surface area contributed by atoms with Gasteiger partial charge < -0.3 is 19.3 Å². The molecule has 0 aliphatic carbocycles. The molecule has 0 bridgehead atoms. The SMILES string of the molecule is C/C=C/C(=O)N1CCCN(C(=O)c2ccc(OC(=O)OCC)cc2)CC1. The van der Waals surface area contributed by atoms with E-state index in [1.807, 2.05) is 0 Å². The Kier molecular flexibility index (Phi) is 7.20. The molecule has 0 N–H and O–H groups in total. The summed E-state index contributed by atoms with van der Waals surface area (Å²) >= 11 is 0. The molecule has 1 aliphatic heterocycles. The molecule has 1 aromatic carbocycles. The van der Waals surface area contributed by atoms with E-state index in [0.717, 1.165) is 6.42 Å². The fourth-order valence-electron chi connectivity index (χ4n) is 2.68. The highest BCUT2D eigenvalue weighted by Gasteiger charge is 2.22. The summed E-state index contributed by atoms with van der Waals surface area (Å²) in [4.78, 5) is 39.4. The number of carbonyl (C=O) groups is 3. The molecule has 0 aromatic heterocycles. The van der Waals surface area contributed by atoms with E-state index in [2.05, 4.69) is 0 Å². The van der Waals surface area contributed by atoms with E-state index in [4.69, 9.17) is 9.47 Å². The standard InChI is InChI=1S/C19H24N2O5/c1-3-6-17(22)20-11-5-12-21(14-13-20)18(23)15-7-9-16(10-8-15)26-19(24)25-4-2/h3,6-10H,4-5,11-14H2,1-2H3/b6-3+. The zero-order chi connectivity index (χ0) is 18.9. The van der Waals surface area contributed by atoms with Crippen LogP contribution in [0.3, 0.4) is 0 Å². The Morgan fingerprint density at radius 2 is 1.69 bits per heavy atom. The van der Waals surface area contributed by atoms with Gasteiger partial charge in [0, 0.05) is 31.7 Å². The first-order valence-electron chi connectivity index (χ1n) is 8.70. The summed E-state index contributed by atoms with van der Waals surface area (Å²) in [6.45, 7) is 5.97. The maximum atomic E-state index is 12.7. The summed E-state index contributed by atoms with van der Waals surface area (Å²) in [6, 6.07) is 6.35. The average molecular weight is 360 g/mol. The molecule has 26 heavy (non-hydrogen) atoms. The largest absolute Gasteiger partial charge is 0.513 e. The second kappa shape index (κ2) is 9.60. The normalized spacial score (nSPS) is 14.8. The Labute approximate surface area is 153 Å². The highest BCUT2D eigenvalue weighted by Crippen LogP contribution is 2.15. The summed E-state index contributed by atoms with van der Waals surface area (Å²) in [7, 11) is 0. The summed E-state index contributed by atoms with van der Waals surface area (Å²) in [5.41, 5.74) is 0.509. The van der Waals surface area contributed by atoms with Crippen molar-refractivity contribution in [3.63, 3.8) is 0 Å². The Hall–Kier alpha value is -2.83. The molecule has 1 aromatic rings. The third-order valence-electron chi connectivity index (χ3n) is 3.97. The Balaban J connectivity index is 1.96. The van der Waals surface area contributed by atoms with Crippen molar-refractivity contribution in [2.45, 2.75) is 20.3 Å². The number of amides is 2. The van der Waals surface area contributed by atoms with Crippen molar-refractivity contribution in [1.82, 2.24) is 9.80 Å². The molecule has 0 saturated carbocycles. The van der Waals surface area contributed by atoms with Crippen LogP contribution in [0.5, 0.6) is 5.75 Å². The van der Waals surface area contributed by atoms with Gasteiger partial charge in [0.05, 0.1) is 6.61 Å². The van der Waals surface area contributed by atoms with E-state index in [0.29, 0.717) is 37.5 Å². The molecule has 1 heterocycles. The van der Waals surface area contributed by atoms with Gasteiger partial charge in [0.1, 0.15) is 5.75 Å². The first kappa shape index (κ1) is 19.5. The highest BCUT2D eigenvalue weighted by molar-refractivity contribution is 5.94. The smallest absolute Gasteiger partial charge is 0.434 e. The van der Waals surface area contributed by atoms with Crippen LogP contribution in [0.4, 0.5) is 4.79 Å². The molecule has 140 valence electrons. The molecule has 2 amide bonds. The molecule has 1 saturated heterocycles. The Morgan fingerprint density at radius 1 is 1.04 bits per heavy atom. The van der Waals surface area contributed by atoms with E-state index in [1.54, 1.807) is 60.1 Å². The van der Waals surface area contributed by atoms with Crippen LogP contribution in [0.2, 0.25) is 0 Å². The number of benzene rings is 1. The fourth-order valence-corrected chi connectivity index (χ4v) is 2.68. The van der Waals surface area contributed by atoms with Gasteiger partial charge in [-0.15, -0.1) is 0 Å². The minimum absolute atomic E-state index is 0.0257. The fraction of sp³-hybridized carbons (Fsp3) is 0.421. The van der Waals surface area contributed by atoms with Gasteiger partial charge in [-0.05, 0) is 50.6 Å². The Bertz CT molecular complexity index is 669. The topological polar surface area (TPSA) is 76.2 Å². The van der Waals surface area contributed by atoms with Crippen molar-refractivity contribution >= 4 is 18.0 Å². The molecular weight excluding hydrogens is 336 g/mol. The third kappa shape index (κ3) is 5.34. The van der Waals surface area contributed by atoms with Gasteiger partial charge in [-0.1, -0.05) is 6.08 Å². The van der Waals surface area contributed by atoms with Crippen LogP contribution in [0.1, 0.15) is 30.6 Å². The summed E-state index contributed by atoms with van der Waals surface area (Å²) < 4.78 is 9.69. The van der Waals surface area contributed by atoms with Gasteiger partial charge in [0.25, 0.3) is 5.91 Å². The van der Waals surface area contributed by atoms with Crippen LogP contribution in [0.25, 0.3) is 0 Å². The monoisotopic (exact) mass is 360 g/mol. The number of allylic oxidation sites excluding steroid dienone is 1. The van der Waals surface area contributed by atoms with Crippen LogP contribution in [-0.4, -0.2) is 60.6 Å². The number of rotatable bonds is 4. The molecule has 0 spiro atoms. The van der Waals surface area contributed by atoms with Crippen LogP contribution >= 0.6 is 0 Å². The lowest BCUT2D eigenvalue weighted by atomic mass is 10.2. The minimum atomic E-state index is -0.773.